The largest absolute Gasteiger partial charge is 0.300 e. The van der Waals surface area contributed by atoms with Crippen molar-refractivity contribution in [1.29, 1.82) is 0 Å². The Balaban J connectivity index is 2.51. The molecule has 0 aliphatic heterocycles. The Hall–Kier alpha value is -1.10. The quantitative estimate of drug-likeness (QED) is 0.582. The monoisotopic (exact) mass is 308 g/mol. The van der Waals surface area contributed by atoms with Crippen molar-refractivity contribution >= 4 is 39.3 Å². The van der Waals surface area contributed by atoms with Gasteiger partial charge in [-0.05, 0) is 65.4 Å². The molecule has 0 fully saturated rings. The van der Waals surface area contributed by atoms with Gasteiger partial charge in [0.2, 0.25) is 0 Å². The predicted octanol–water partition coefficient (Wildman–Crippen LogP) is 3.40. The van der Waals surface area contributed by atoms with Crippen molar-refractivity contribution in [2.24, 2.45) is 0 Å². The van der Waals surface area contributed by atoms with Crippen molar-refractivity contribution in [2.75, 3.05) is 0 Å². The van der Waals surface area contributed by atoms with Crippen LogP contribution in [0.15, 0.2) is 36.5 Å². The summed E-state index contributed by atoms with van der Waals surface area (Å²) in [6.45, 7) is 2.09. The van der Waals surface area contributed by atoms with E-state index in [1.165, 1.54) is 14.7 Å². The first-order valence-electron chi connectivity index (χ1n) is 4.78. The van der Waals surface area contributed by atoms with Gasteiger partial charge >= 0.3 is 0 Å². The molecule has 0 radical (unpaired) electrons. The molecular formula is C12H9IN2. The van der Waals surface area contributed by atoms with Crippen LogP contribution in [0.5, 0.6) is 0 Å². The summed E-state index contributed by atoms with van der Waals surface area (Å²) >= 11 is 2.31. The molecule has 3 heteroatoms. The lowest BCUT2D eigenvalue weighted by atomic mass is 10.3. The van der Waals surface area contributed by atoms with E-state index in [4.69, 9.17) is 0 Å². The molecule has 2 heterocycles. The zero-order valence-corrected chi connectivity index (χ0v) is 10.4. The second-order valence-corrected chi connectivity index (χ2v) is 4.92. The highest BCUT2D eigenvalue weighted by atomic mass is 127. The predicted molar refractivity (Wildman–Crippen MR) is 70.2 cm³/mol. The third-order valence-corrected chi connectivity index (χ3v) is 3.19. The number of benzene rings is 1. The third kappa shape index (κ3) is 1.42. The first-order valence-corrected chi connectivity index (χ1v) is 5.86. The smallest absolute Gasteiger partial charge is 0.138 e. The van der Waals surface area contributed by atoms with E-state index in [9.17, 15) is 0 Å². The Morgan fingerprint density at radius 1 is 1.20 bits per heavy atom. The lowest BCUT2D eigenvalue weighted by Crippen LogP contribution is -1.84. The molecule has 3 rings (SSSR count). The molecule has 0 N–H and O–H groups in total. The molecule has 0 saturated heterocycles. The van der Waals surface area contributed by atoms with E-state index < -0.39 is 0 Å². The van der Waals surface area contributed by atoms with Gasteiger partial charge in [-0.25, -0.2) is 4.98 Å². The van der Waals surface area contributed by atoms with Crippen molar-refractivity contribution < 1.29 is 0 Å². The Labute approximate surface area is 101 Å². The first-order chi connectivity index (χ1) is 7.24. The summed E-state index contributed by atoms with van der Waals surface area (Å²) < 4.78 is 3.35. The van der Waals surface area contributed by atoms with Gasteiger partial charge in [0.05, 0.1) is 11.0 Å². The molecule has 0 aliphatic carbocycles. The van der Waals surface area contributed by atoms with Gasteiger partial charge in [0.1, 0.15) is 5.65 Å². The molecule has 2 aromatic heterocycles. The lowest BCUT2D eigenvalue weighted by Gasteiger charge is -1.96. The summed E-state index contributed by atoms with van der Waals surface area (Å²) in [4.78, 5) is 4.60. The molecule has 0 bridgehead atoms. The van der Waals surface area contributed by atoms with E-state index >= 15 is 0 Å². The Morgan fingerprint density at radius 2 is 2.07 bits per heavy atom. The number of rotatable bonds is 0. The normalized spacial score (nSPS) is 11.3. The van der Waals surface area contributed by atoms with E-state index in [1.807, 2.05) is 0 Å². The fourth-order valence-corrected chi connectivity index (χ4v) is 2.27. The van der Waals surface area contributed by atoms with Crippen molar-refractivity contribution in [2.45, 2.75) is 6.92 Å². The second kappa shape index (κ2) is 3.20. The number of hydrogen-bond donors (Lipinski definition) is 0. The highest BCUT2D eigenvalue weighted by molar-refractivity contribution is 14.1. The van der Waals surface area contributed by atoms with Crippen LogP contribution < -0.4 is 0 Å². The van der Waals surface area contributed by atoms with Crippen LogP contribution >= 0.6 is 22.6 Å². The number of halogens is 1. The number of fused-ring (bicyclic) bond motifs is 3. The van der Waals surface area contributed by atoms with Gasteiger partial charge in [0, 0.05) is 9.77 Å². The van der Waals surface area contributed by atoms with Crippen molar-refractivity contribution in [3.63, 3.8) is 0 Å². The van der Waals surface area contributed by atoms with Crippen LogP contribution in [0.3, 0.4) is 0 Å². The number of aryl methyl sites for hydroxylation is 1. The number of aromatic nitrogens is 2. The molecule has 0 unspecified atom stereocenters. The molecule has 2 nitrogen and oxygen atoms in total. The zero-order valence-electron chi connectivity index (χ0n) is 8.24. The maximum Gasteiger partial charge on any atom is 0.138 e. The third-order valence-electron chi connectivity index (χ3n) is 2.52. The maximum atomic E-state index is 4.60. The fourth-order valence-electron chi connectivity index (χ4n) is 1.79. The van der Waals surface area contributed by atoms with Gasteiger partial charge in [-0.2, -0.15) is 0 Å². The van der Waals surface area contributed by atoms with Crippen LogP contribution in [0, 0.1) is 10.5 Å². The molecule has 0 aliphatic rings. The second-order valence-electron chi connectivity index (χ2n) is 3.68. The minimum atomic E-state index is 1.02. The fraction of sp³-hybridized carbons (Fsp3) is 0.0833. The number of hydrogen-bond acceptors (Lipinski definition) is 1. The number of imidazole rings is 1. The van der Waals surface area contributed by atoms with Crippen LogP contribution in [-0.2, 0) is 0 Å². The molecule has 0 amide bonds. The SMILES string of the molecule is Cc1ccn2c(c1)nc1cc(I)ccc12. The number of nitrogens with zero attached hydrogens (tertiary/aromatic N) is 2. The van der Waals surface area contributed by atoms with Crippen molar-refractivity contribution in [1.82, 2.24) is 9.38 Å². The topological polar surface area (TPSA) is 17.3 Å². The molecule has 0 spiro atoms. The van der Waals surface area contributed by atoms with Gasteiger partial charge in [-0.1, -0.05) is 0 Å². The Morgan fingerprint density at radius 3 is 2.93 bits per heavy atom. The van der Waals surface area contributed by atoms with Crippen LogP contribution in [-0.4, -0.2) is 9.38 Å². The summed E-state index contributed by atoms with van der Waals surface area (Å²) in [5, 5.41) is 0. The van der Waals surface area contributed by atoms with Gasteiger partial charge in [-0.15, -0.1) is 0 Å². The minimum Gasteiger partial charge on any atom is -0.300 e. The van der Waals surface area contributed by atoms with Crippen LogP contribution in [0.2, 0.25) is 0 Å². The van der Waals surface area contributed by atoms with Crippen LogP contribution in [0.1, 0.15) is 5.56 Å². The summed E-state index contributed by atoms with van der Waals surface area (Å²) in [6.07, 6.45) is 2.08. The minimum absolute atomic E-state index is 1.02. The van der Waals surface area contributed by atoms with Crippen LogP contribution in [0.4, 0.5) is 0 Å². The molecule has 3 aromatic rings. The standard InChI is InChI=1S/C12H9IN2/c1-8-4-5-15-11-3-2-9(13)7-10(11)14-12(15)6-8/h2-7H,1H3. The lowest BCUT2D eigenvalue weighted by molar-refractivity contribution is 1.21. The Bertz CT molecular complexity index is 599. The van der Waals surface area contributed by atoms with Crippen molar-refractivity contribution in [3.8, 4) is 0 Å². The van der Waals surface area contributed by atoms with Gasteiger partial charge in [-0.3, -0.25) is 4.40 Å². The molecule has 0 saturated carbocycles. The van der Waals surface area contributed by atoms with E-state index in [1.54, 1.807) is 0 Å². The zero-order chi connectivity index (χ0) is 10.4. The molecular weight excluding hydrogens is 299 g/mol. The van der Waals surface area contributed by atoms with Gasteiger partial charge in [0.15, 0.2) is 0 Å². The highest BCUT2D eigenvalue weighted by Crippen LogP contribution is 2.19. The first kappa shape index (κ1) is 9.15. The van der Waals surface area contributed by atoms with E-state index in [-0.39, 0.29) is 0 Å². The molecule has 74 valence electrons. The molecule has 0 atom stereocenters. The van der Waals surface area contributed by atoms with E-state index in [0.29, 0.717) is 0 Å². The average molecular weight is 308 g/mol. The summed E-state index contributed by atoms with van der Waals surface area (Å²) in [7, 11) is 0. The molecule has 15 heavy (non-hydrogen) atoms. The van der Waals surface area contributed by atoms with E-state index in [0.717, 1.165) is 11.2 Å². The summed E-state index contributed by atoms with van der Waals surface area (Å²) in [5.41, 5.74) is 4.50. The van der Waals surface area contributed by atoms with Gasteiger partial charge < -0.3 is 0 Å². The van der Waals surface area contributed by atoms with Crippen LogP contribution in [0.25, 0.3) is 16.7 Å². The highest BCUT2D eigenvalue weighted by Gasteiger charge is 2.03. The van der Waals surface area contributed by atoms with Gasteiger partial charge in [0.25, 0.3) is 0 Å². The average Bonchev–Trinajstić information content (AvgIpc) is 2.53. The summed E-state index contributed by atoms with van der Waals surface area (Å²) in [5.74, 6) is 0. The summed E-state index contributed by atoms with van der Waals surface area (Å²) in [6, 6.07) is 10.5. The van der Waals surface area contributed by atoms with Crippen molar-refractivity contribution in [3.05, 3.63) is 45.7 Å². The number of pyridine rings is 1. The van der Waals surface area contributed by atoms with E-state index in [2.05, 4.69) is 75.4 Å². The Kier molecular flexibility index (Phi) is 1.95. The molecule has 1 aromatic carbocycles. The maximum absolute atomic E-state index is 4.60.